The van der Waals surface area contributed by atoms with Crippen molar-refractivity contribution in [2.24, 2.45) is 11.1 Å². The van der Waals surface area contributed by atoms with E-state index in [1.54, 1.807) is 0 Å². The summed E-state index contributed by atoms with van der Waals surface area (Å²) >= 11 is 0. The number of nitrogens with two attached hydrogens (primary N) is 1. The Bertz CT molecular complexity index is 465. The van der Waals surface area contributed by atoms with Crippen LogP contribution in [0.15, 0.2) is 6.07 Å². The van der Waals surface area contributed by atoms with Gasteiger partial charge in [-0.3, -0.25) is 9.89 Å². The van der Waals surface area contributed by atoms with Gasteiger partial charge in [-0.2, -0.15) is 5.10 Å². The lowest BCUT2D eigenvalue weighted by Crippen LogP contribution is -2.34. The molecule has 1 aliphatic heterocycles. The summed E-state index contributed by atoms with van der Waals surface area (Å²) in [4.78, 5) is 14.2. The Labute approximate surface area is 107 Å². The number of H-pyrrole nitrogens is 1. The molecule has 5 heteroatoms. The number of carbonyl (C=O) groups is 1. The summed E-state index contributed by atoms with van der Waals surface area (Å²) in [5.74, 6) is 0.641. The molecule has 1 aliphatic carbocycles. The minimum atomic E-state index is 0.0373. The fraction of sp³-hybridized carbons (Fsp3) is 0.692. The number of aromatic nitrogens is 2. The van der Waals surface area contributed by atoms with Crippen molar-refractivity contribution >= 4 is 5.91 Å². The molecule has 3 rings (SSSR count). The number of aromatic amines is 1. The summed E-state index contributed by atoms with van der Waals surface area (Å²) < 4.78 is 0. The van der Waals surface area contributed by atoms with Crippen molar-refractivity contribution in [3.63, 3.8) is 0 Å². The second-order valence-corrected chi connectivity index (χ2v) is 5.97. The summed E-state index contributed by atoms with van der Waals surface area (Å²) in [5.41, 5.74) is 7.50. The molecule has 98 valence electrons. The van der Waals surface area contributed by atoms with Crippen LogP contribution in [0.25, 0.3) is 0 Å². The van der Waals surface area contributed by atoms with E-state index >= 15 is 0 Å². The first-order valence-electron chi connectivity index (χ1n) is 6.66. The third-order valence-electron chi connectivity index (χ3n) is 4.17. The number of hydrogen-bond acceptors (Lipinski definition) is 3. The smallest absolute Gasteiger partial charge is 0.274 e. The van der Waals surface area contributed by atoms with Gasteiger partial charge in [-0.05, 0) is 37.3 Å². The fourth-order valence-electron chi connectivity index (χ4n) is 2.58. The molecule has 2 heterocycles. The molecular weight excluding hydrogens is 228 g/mol. The van der Waals surface area contributed by atoms with Crippen molar-refractivity contribution in [3.05, 3.63) is 17.5 Å². The average Bonchev–Trinajstić information content (AvgIpc) is 2.97. The van der Waals surface area contributed by atoms with Crippen LogP contribution in [-0.4, -0.2) is 40.6 Å². The third kappa shape index (κ3) is 2.03. The van der Waals surface area contributed by atoms with Gasteiger partial charge in [-0.25, -0.2) is 0 Å². The monoisotopic (exact) mass is 248 g/mol. The van der Waals surface area contributed by atoms with Gasteiger partial charge in [0.1, 0.15) is 5.69 Å². The van der Waals surface area contributed by atoms with Crippen LogP contribution < -0.4 is 5.73 Å². The van der Waals surface area contributed by atoms with Crippen molar-refractivity contribution in [2.45, 2.75) is 32.1 Å². The number of nitrogens with one attached hydrogen (secondary N) is 1. The Balaban J connectivity index is 1.70. The molecule has 1 amide bonds. The molecule has 2 fully saturated rings. The first-order chi connectivity index (χ1) is 8.61. The standard InChI is InChI=1S/C13H20N4O/c1-13(7-14)4-5-17(8-13)12(18)11-6-10(15-16-11)9-2-3-9/h6,9H,2-5,7-8,14H2,1H3,(H,15,16). The van der Waals surface area contributed by atoms with E-state index in [1.807, 2.05) is 11.0 Å². The van der Waals surface area contributed by atoms with Crippen LogP contribution in [0.3, 0.4) is 0 Å². The van der Waals surface area contributed by atoms with Crippen LogP contribution in [0.5, 0.6) is 0 Å². The van der Waals surface area contributed by atoms with Crippen molar-refractivity contribution in [2.75, 3.05) is 19.6 Å². The minimum absolute atomic E-state index is 0.0373. The van der Waals surface area contributed by atoms with E-state index in [1.165, 1.54) is 12.8 Å². The number of carbonyl (C=O) groups excluding carboxylic acids is 1. The highest BCUT2D eigenvalue weighted by Gasteiger charge is 2.36. The first kappa shape index (κ1) is 11.7. The summed E-state index contributed by atoms with van der Waals surface area (Å²) in [6.07, 6.45) is 3.41. The van der Waals surface area contributed by atoms with Crippen LogP contribution in [0.4, 0.5) is 0 Å². The zero-order valence-electron chi connectivity index (χ0n) is 10.8. The maximum atomic E-state index is 12.3. The quantitative estimate of drug-likeness (QED) is 0.841. The zero-order valence-corrected chi connectivity index (χ0v) is 10.8. The predicted octanol–water partition coefficient (Wildman–Crippen LogP) is 1.10. The molecule has 0 aromatic carbocycles. The summed E-state index contributed by atoms with van der Waals surface area (Å²) in [5, 5.41) is 7.13. The van der Waals surface area contributed by atoms with Crippen LogP contribution >= 0.6 is 0 Å². The molecule has 18 heavy (non-hydrogen) atoms. The van der Waals surface area contributed by atoms with Gasteiger partial charge in [0.25, 0.3) is 5.91 Å². The van der Waals surface area contributed by atoms with Gasteiger partial charge in [0, 0.05) is 24.7 Å². The van der Waals surface area contributed by atoms with Crippen LogP contribution in [0, 0.1) is 5.41 Å². The van der Waals surface area contributed by atoms with Gasteiger partial charge in [0.2, 0.25) is 0 Å². The molecular formula is C13H20N4O. The molecule has 0 spiro atoms. The van der Waals surface area contributed by atoms with E-state index in [0.29, 0.717) is 18.2 Å². The Kier molecular flexibility index (Phi) is 2.66. The SMILES string of the molecule is CC1(CN)CCN(C(=O)c2cc(C3CC3)[nH]n2)C1. The van der Waals surface area contributed by atoms with E-state index in [4.69, 9.17) is 5.73 Å². The number of hydrogen-bond donors (Lipinski definition) is 2. The zero-order chi connectivity index (χ0) is 12.8. The molecule has 1 atom stereocenters. The molecule has 1 saturated heterocycles. The van der Waals surface area contributed by atoms with Crippen molar-refractivity contribution in [1.29, 1.82) is 0 Å². The van der Waals surface area contributed by atoms with Crippen LogP contribution in [-0.2, 0) is 0 Å². The van der Waals surface area contributed by atoms with E-state index in [0.717, 1.165) is 25.2 Å². The Hall–Kier alpha value is -1.36. The third-order valence-corrected chi connectivity index (χ3v) is 4.17. The van der Waals surface area contributed by atoms with Gasteiger partial charge in [-0.1, -0.05) is 6.92 Å². The molecule has 5 nitrogen and oxygen atoms in total. The highest BCUT2D eigenvalue weighted by molar-refractivity contribution is 5.92. The topological polar surface area (TPSA) is 75.0 Å². The van der Waals surface area contributed by atoms with E-state index in [2.05, 4.69) is 17.1 Å². The lowest BCUT2D eigenvalue weighted by atomic mass is 9.90. The summed E-state index contributed by atoms with van der Waals surface area (Å²) in [6, 6.07) is 1.91. The normalized spacial score (nSPS) is 27.8. The summed E-state index contributed by atoms with van der Waals surface area (Å²) in [6.45, 7) is 4.30. The Morgan fingerprint density at radius 2 is 2.44 bits per heavy atom. The molecule has 1 saturated carbocycles. The highest BCUT2D eigenvalue weighted by atomic mass is 16.2. The van der Waals surface area contributed by atoms with Gasteiger partial charge in [-0.15, -0.1) is 0 Å². The number of rotatable bonds is 3. The molecule has 2 aliphatic rings. The highest BCUT2D eigenvalue weighted by Crippen LogP contribution is 2.39. The molecule has 0 radical (unpaired) electrons. The van der Waals surface area contributed by atoms with Gasteiger partial charge < -0.3 is 10.6 Å². The molecule has 1 unspecified atom stereocenters. The molecule has 1 aromatic rings. The lowest BCUT2D eigenvalue weighted by Gasteiger charge is -2.21. The Morgan fingerprint density at radius 3 is 3.06 bits per heavy atom. The van der Waals surface area contributed by atoms with Crippen molar-refractivity contribution < 1.29 is 4.79 Å². The van der Waals surface area contributed by atoms with Crippen LogP contribution in [0.1, 0.15) is 48.3 Å². The van der Waals surface area contributed by atoms with Crippen LogP contribution in [0.2, 0.25) is 0 Å². The Morgan fingerprint density at radius 1 is 1.67 bits per heavy atom. The number of likely N-dealkylation sites (tertiary alicyclic amines) is 1. The van der Waals surface area contributed by atoms with Gasteiger partial charge in [0.05, 0.1) is 0 Å². The number of amides is 1. The second-order valence-electron chi connectivity index (χ2n) is 5.97. The predicted molar refractivity (Wildman–Crippen MR) is 68.2 cm³/mol. The fourth-order valence-corrected chi connectivity index (χ4v) is 2.58. The second kappa shape index (κ2) is 4.09. The maximum absolute atomic E-state index is 12.3. The van der Waals surface area contributed by atoms with Crippen molar-refractivity contribution in [1.82, 2.24) is 15.1 Å². The van der Waals surface area contributed by atoms with E-state index in [-0.39, 0.29) is 11.3 Å². The first-order valence-corrected chi connectivity index (χ1v) is 6.66. The summed E-state index contributed by atoms with van der Waals surface area (Å²) in [7, 11) is 0. The lowest BCUT2D eigenvalue weighted by molar-refractivity contribution is 0.0771. The average molecular weight is 248 g/mol. The van der Waals surface area contributed by atoms with Crippen molar-refractivity contribution in [3.8, 4) is 0 Å². The van der Waals surface area contributed by atoms with E-state index < -0.39 is 0 Å². The van der Waals surface area contributed by atoms with E-state index in [9.17, 15) is 4.79 Å². The molecule has 3 N–H and O–H groups in total. The molecule has 0 bridgehead atoms. The largest absolute Gasteiger partial charge is 0.337 e. The van der Waals surface area contributed by atoms with Gasteiger partial charge >= 0.3 is 0 Å². The number of nitrogens with zero attached hydrogens (tertiary/aromatic N) is 2. The maximum Gasteiger partial charge on any atom is 0.274 e. The molecule has 1 aromatic heterocycles. The van der Waals surface area contributed by atoms with Gasteiger partial charge in [0.15, 0.2) is 0 Å². The minimum Gasteiger partial charge on any atom is -0.337 e.